The van der Waals surface area contributed by atoms with Gasteiger partial charge in [0.05, 0.1) is 11.7 Å². The summed E-state index contributed by atoms with van der Waals surface area (Å²) in [5, 5.41) is 15.2. The van der Waals surface area contributed by atoms with E-state index in [0.717, 1.165) is 27.9 Å². The first-order chi connectivity index (χ1) is 16.3. The molecule has 1 atom stereocenters. The van der Waals surface area contributed by atoms with Gasteiger partial charge in [-0.15, -0.1) is 11.3 Å². The Hall–Kier alpha value is -3.63. The van der Waals surface area contributed by atoms with Crippen LogP contribution in [0.25, 0.3) is 22.6 Å². The second-order valence-corrected chi connectivity index (χ2v) is 9.18. The second kappa shape index (κ2) is 10.1. The number of carbonyl (C=O) groups is 2. The highest BCUT2D eigenvalue weighted by molar-refractivity contribution is 7.71. The van der Waals surface area contributed by atoms with Gasteiger partial charge in [0.2, 0.25) is 11.8 Å². The van der Waals surface area contributed by atoms with Crippen molar-refractivity contribution in [1.82, 2.24) is 25.1 Å². The van der Waals surface area contributed by atoms with Crippen LogP contribution in [-0.4, -0.2) is 31.6 Å². The van der Waals surface area contributed by atoms with E-state index in [-0.39, 0.29) is 24.4 Å². The van der Waals surface area contributed by atoms with Crippen molar-refractivity contribution >= 4 is 40.5 Å². The molecule has 2 aromatic heterocycles. The summed E-state index contributed by atoms with van der Waals surface area (Å²) in [5.41, 5.74) is 4.67. The lowest BCUT2D eigenvalue weighted by molar-refractivity contribution is -0.119. The zero-order valence-corrected chi connectivity index (χ0v) is 20.6. The minimum Gasteiger partial charge on any atom is -0.350 e. The predicted molar refractivity (Wildman–Crippen MR) is 136 cm³/mol. The Morgan fingerprint density at radius 2 is 1.94 bits per heavy atom. The molecule has 34 heavy (non-hydrogen) atoms. The summed E-state index contributed by atoms with van der Waals surface area (Å²) in [5.74, 6) is 0.295. The lowest BCUT2D eigenvalue weighted by atomic mass is 10.1. The zero-order valence-electron chi connectivity index (χ0n) is 19.0. The van der Waals surface area contributed by atoms with Crippen LogP contribution in [0.2, 0.25) is 0 Å². The third-order valence-electron chi connectivity index (χ3n) is 5.21. The van der Waals surface area contributed by atoms with Gasteiger partial charge in [-0.3, -0.25) is 19.3 Å². The van der Waals surface area contributed by atoms with E-state index in [4.69, 9.17) is 12.2 Å². The molecule has 2 heterocycles. The number of nitrogens with one attached hydrogen (secondary N) is 3. The predicted octanol–water partition coefficient (Wildman–Crippen LogP) is 4.88. The molecule has 174 valence electrons. The van der Waals surface area contributed by atoms with Crippen molar-refractivity contribution in [1.29, 1.82) is 0 Å². The van der Waals surface area contributed by atoms with E-state index in [1.54, 1.807) is 4.57 Å². The Morgan fingerprint density at radius 3 is 2.65 bits per heavy atom. The molecule has 0 aliphatic heterocycles. The molecular weight excluding hydrogens is 468 g/mol. The molecule has 0 bridgehead atoms. The van der Waals surface area contributed by atoms with Crippen LogP contribution < -0.4 is 10.6 Å². The standard InChI is InChI=1S/C24H24N6O2S2/c1-14-5-4-6-19(11-14)22-28-29-24(33)30(22)12-21(32)27-23-26-20(13-34-23)18-9-7-17(8-10-18)15(2)25-16(3)31/h4-11,13,15H,12H2,1-3H3,(H,25,31)(H,29,33)(H,26,27,32). The number of thiazole rings is 1. The summed E-state index contributed by atoms with van der Waals surface area (Å²) in [6.07, 6.45) is 0. The quantitative estimate of drug-likeness (QED) is 0.319. The maximum Gasteiger partial charge on any atom is 0.246 e. The molecule has 2 aromatic carbocycles. The van der Waals surface area contributed by atoms with Crippen LogP contribution in [-0.2, 0) is 16.1 Å². The highest BCUT2D eigenvalue weighted by Gasteiger charge is 2.15. The van der Waals surface area contributed by atoms with Crippen molar-refractivity contribution < 1.29 is 9.59 Å². The molecule has 0 spiro atoms. The molecule has 0 saturated carbocycles. The molecule has 0 aliphatic carbocycles. The second-order valence-electron chi connectivity index (χ2n) is 7.94. The highest BCUT2D eigenvalue weighted by atomic mass is 32.1. The Balaban J connectivity index is 1.44. The van der Waals surface area contributed by atoms with Crippen LogP contribution in [0, 0.1) is 11.7 Å². The number of benzene rings is 2. The number of aryl methyl sites for hydroxylation is 1. The highest BCUT2D eigenvalue weighted by Crippen LogP contribution is 2.26. The molecule has 8 nitrogen and oxygen atoms in total. The summed E-state index contributed by atoms with van der Waals surface area (Å²) in [6, 6.07) is 15.6. The summed E-state index contributed by atoms with van der Waals surface area (Å²) < 4.78 is 2.04. The minimum atomic E-state index is -0.244. The molecule has 0 radical (unpaired) electrons. The molecule has 0 fully saturated rings. The van der Waals surface area contributed by atoms with Gasteiger partial charge in [-0.25, -0.2) is 4.98 Å². The molecule has 4 rings (SSSR count). The number of rotatable bonds is 7. The van der Waals surface area contributed by atoms with Gasteiger partial charge in [0.25, 0.3) is 0 Å². The van der Waals surface area contributed by atoms with Gasteiger partial charge in [-0.05, 0) is 37.7 Å². The fourth-order valence-corrected chi connectivity index (χ4v) is 4.50. The first-order valence-electron chi connectivity index (χ1n) is 10.6. The molecule has 1 unspecified atom stereocenters. The first kappa shape index (κ1) is 23.5. The van der Waals surface area contributed by atoms with Gasteiger partial charge in [-0.1, -0.05) is 48.0 Å². The van der Waals surface area contributed by atoms with E-state index in [1.807, 2.05) is 67.8 Å². The maximum atomic E-state index is 12.7. The van der Waals surface area contributed by atoms with Crippen molar-refractivity contribution in [3.63, 3.8) is 0 Å². The number of H-pyrrole nitrogens is 1. The van der Waals surface area contributed by atoms with Crippen molar-refractivity contribution in [3.05, 3.63) is 69.8 Å². The van der Waals surface area contributed by atoms with E-state index >= 15 is 0 Å². The largest absolute Gasteiger partial charge is 0.350 e. The van der Waals surface area contributed by atoms with Crippen LogP contribution in [0.3, 0.4) is 0 Å². The van der Waals surface area contributed by atoms with Gasteiger partial charge in [0.1, 0.15) is 6.54 Å². The molecule has 2 amide bonds. The lowest BCUT2D eigenvalue weighted by Gasteiger charge is -2.13. The number of nitrogens with zero attached hydrogens (tertiary/aromatic N) is 3. The SMILES string of the molecule is CC(=O)NC(C)c1ccc(-c2csc(NC(=O)Cn3c(-c4cccc(C)c4)n[nH]c3=S)n2)cc1. The van der Waals surface area contributed by atoms with Gasteiger partial charge < -0.3 is 10.6 Å². The van der Waals surface area contributed by atoms with Crippen LogP contribution in [0.4, 0.5) is 5.13 Å². The summed E-state index contributed by atoms with van der Waals surface area (Å²) in [4.78, 5) is 28.6. The van der Waals surface area contributed by atoms with E-state index < -0.39 is 0 Å². The molecule has 10 heteroatoms. The number of amides is 2. The number of aromatic amines is 1. The minimum absolute atomic E-state index is 0.0171. The van der Waals surface area contributed by atoms with Crippen molar-refractivity contribution in [2.24, 2.45) is 0 Å². The van der Waals surface area contributed by atoms with Crippen LogP contribution >= 0.6 is 23.6 Å². The van der Waals surface area contributed by atoms with Crippen molar-refractivity contribution in [2.45, 2.75) is 33.4 Å². The van der Waals surface area contributed by atoms with E-state index in [9.17, 15) is 9.59 Å². The van der Waals surface area contributed by atoms with Crippen LogP contribution in [0.1, 0.15) is 31.0 Å². The fourth-order valence-electron chi connectivity index (χ4n) is 3.57. The fraction of sp³-hybridized carbons (Fsp3) is 0.208. The topological polar surface area (TPSA) is 105 Å². The van der Waals surface area contributed by atoms with E-state index in [1.165, 1.54) is 18.3 Å². The number of hydrogen-bond donors (Lipinski definition) is 3. The number of hydrogen-bond acceptors (Lipinski definition) is 6. The molecule has 3 N–H and O–H groups in total. The molecular formula is C24H24N6O2S2. The number of anilines is 1. The van der Waals surface area contributed by atoms with Crippen molar-refractivity contribution in [3.8, 4) is 22.6 Å². The van der Waals surface area contributed by atoms with Gasteiger partial charge >= 0.3 is 0 Å². The van der Waals surface area contributed by atoms with E-state index in [0.29, 0.717) is 15.7 Å². The smallest absolute Gasteiger partial charge is 0.246 e. The number of aromatic nitrogens is 4. The Labute approximate surface area is 206 Å². The van der Waals surface area contributed by atoms with E-state index in [2.05, 4.69) is 25.8 Å². The lowest BCUT2D eigenvalue weighted by Crippen LogP contribution is -2.23. The maximum absolute atomic E-state index is 12.7. The average molecular weight is 493 g/mol. The van der Waals surface area contributed by atoms with Gasteiger partial charge in [0.15, 0.2) is 15.7 Å². The third-order valence-corrected chi connectivity index (χ3v) is 6.28. The van der Waals surface area contributed by atoms with Gasteiger partial charge in [-0.2, -0.15) is 5.10 Å². The third kappa shape index (κ3) is 5.46. The summed E-state index contributed by atoms with van der Waals surface area (Å²) in [7, 11) is 0. The Kier molecular flexibility index (Phi) is 6.99. The molecule has 0 aliphatic rings. The molecule has 0 saturated heterocycles. The Bertz CT molecular complexity index is 1390. The molecule has 4 aromatic rings. The monoisotopic (exact) mass is 492 g/mol. The summed E-state index contributed by atoms with van der Waals surface area (Å²) in [6.45, 7) is 5.45. The van der Waals surface area contributed by atoms with Crippen molar-refractivity contribution in [2.75, 3.05) is 5.32 Å². The Morgan fingerprint density at radius 1 is 1.18 bits per heavy atom. The first-order valence-corrected chi connectivity index (χ1v) is 11.9. The average Bonchev–Trinajstić information content (AvgIpc) is 3.40. The zero-order chi connectivity index (χ0) is 24.2. The van der Waals surface area contributed by atoms with Gasteiger partial charge in [0, 0.05) is 23.4 Å². The normalized spacial score (nSPS) is 11.7. The van der Waals surface area contributed by atoms with Crippen LogP contribution in [0.5, 0.6) is 0 Å². The number of carbonyl (C=O) groups excluding carboxylic acids is 2. The summed E-state index contributed by atoms with van der Waals surface area (Å²) >= 11 is 6.69. The van der Waals surface area contributed by atoms with Crippen LogP contribution in [0.15, 0.2) is 53.9 Å².